The molecule has 2 aromatic rings. The number of ether oxygens (including phenoxy) is 1. The first-order chi connectivity index (χ1) is 13.1. The molecule has 8 nitrogen and oxygen atoms in total. The van der Waals surface area contributed by atoms with E-state index in [9.17, 15) is 20.2 Å². The zero-order valence-corrected chi connectivity index (χ0v) is 16.1. The van der Waals surface area contributed by atoms with Crippen molar-refractivity contribution in [2.24, 2.45) is 0 Å². The highest BCUT2D eigenvalue weighted by Crippen LogP contribution is 2.56. The molecule has 144 valence electrons. The molecular formula is C19H16ClN3O5. The largest absolute Gasteiger partial charge is 0.463 e. The average Bonchev–Trinajstić information content (AvgIpc) is 2.79. The number of benzene rings is 2. The molecule has 1 unspecified atom stereocenters. The lowest BCUT2D eigenvalue weighted by molar-refractivity contribution is -0.385. The molecule has 2 aromatic carbocycles. The van der Waals surface area contributed by atoms with Gasteiger partial charge in [0.1, 0.15) is 10.8 Å². The van der Waals surface area contributed by atoms with Gasteiger partial charge >= 0.3 is 0 Å². The van der Waals surface area contributed by atoms with Crippen LogP contribution in [0.1, 0.15) is 25.0 Å². The zero-order chi connectivity index (χ0) is 20.4. The molecule has 4 rings (SSSR count). The molecule has 2 aliphatic heterocycles. The number of nitro groups is 2. The molecular weight excluding hydrogens is 386 g/mol. The molecule has 2 heterocycles. The van der Waals surface area contributed by atoms with Crippen molar-refractivity contribution in [3.05, 3.63) is 72.8 Å². The summed E-state index contributed by atoms with van der Waals surface area (Å²) in [4.78, 5) is 23.2. The van der Waals surface area contributed by atoms with Crippen molar-refractivity contribution in [3.63, 3.8) is 0 Å². The Morgan fingerprint density at radius 1 is 1.11 bits per heavy atom. The number of likely N-dealkylation sites (N-methyl/N-ethyl adjacent to an activating group) is 1. The van der Waals surface area contributed by atoms with Crippen molar-refractivity contribution in [2.75, 3.05) is 11.9 Å². The molecule has 0 amide bonds. The van der Waals surface area contributed by atoms with Crippen molar-refractivity contribution in [3.8, 4) is 5.75 Å². The molecule has 2 aliphatic rings. The number of halogens is 1. The van der Waals surface area contributed by atoms with Crippen molar-refractivity contribution >= 4 is 34.7 Å². The van der Waals surface area contributed by atoms with Gasteiger partial charge in [-0.3, -0.25) is 20.2 Å². The second-order valence-electron chi connectivity index (χ2n) is 7.37. The summed E-state index contributed by atoms with van der Waals surface area (Å²) in [7, 11) is 1.80. The van der Waals surface area contributed by atoms with E-state index in [0.717, 1.165) is 5.56 Å². The lowest BCUT2D eigenvalue weighted by atomic mass is 9.76. The summed E-state index contributed by atoms with van der Waals surface area (Å²) in [5, 5.41) is 22.4. The third-order valence-electron chi connectivity index (χ3n) is 5.65. The van der Waals surface area contributed by atoms with Crippen molar-refractivity contribution in [2.45, 2.75) is 25.0 Å². The smallest absolute Gasteiger partial charge is 0.289 e. The van der Waals surface area contributed by atoms with E-state index in [1.807, 2.05) is 24.8 Å². The second-order valence-corrected chi connectivity index (χ2v) is 7.78. The van der Waals surface area contributed by atoms with Gasteiger partial charge in [-0.05, 0) is 43.7 Å². The van der Waals surface area contributed by atoms with Crippen LogP contribution in [0.3, 0.4) is 0 Å². The Bertz CT molecular complexity index is 1080. The second kappa shape index (κ2) is 5.68. The van der Waals surface area contributed by atoms with Crippen LogP contribution in [0.4, 0.5) is 17.1 Å². The van der Waals surface area contributed by atoms with Crippen LogP contribution < -0.4 is 9.64 Å². The van der Waals surface area contributed by atoms with Gasteiger partial charge in [-0.15, -0.1) is 0 Å². The quantitative estimate of drug-likeness (QED) is 0.534. The Morgan fingerprint density at radius 3 is 2.46 bits per heavy atom. The Morgan fingerprint density at radius 2 is 1.82 bits per heavy atom. The highest BCUT2D eigenvalue weighted by atomic mass is 35.5. The highest BCUT2D eigenvalue weighted by molar-refractivity contribution is 6.33. The van der Waals surface area contributed by atoms with Crippen LogP contribution in [-0.4, -0.2) is 22.6 Å². The first kappa shape index (κ1) is 18.2. The molecule has 28 heavy (non-hydrogen) atoms. The topological polar surface area (TPSA) is 98.8 Å². The van der Waals surface area contributed by atoms with E-state index in [2.05, 4.69) is 0 Å². The summed E-state index contributed by atoms with van der Waals surface area (Å²) < 4.78 is 6.37. The summed E-state index contributed by atoms with van der Waals surface area (Å²) in [6.45, 7) is 3.94. The van der Waals surface area contributed by atoms with Crippen molar-refractivity contribution in [1.29, 1.82) is 0 Å². The molecule has 0 aromatic heterocycles. The van der Waals surface area contributed by atoms with Gasteiger partial charge in [0.2, 0.25) is 5.72 Å². The maximum absolute atomic E-state index is 11.3. The number of rotatable bonds is 2. The SMILES string of the molecule is CN1c2cc([N+](=O)[O-])c(Cl)cc2C(C)(C)C12C=Cc1cc([N+](=O)[O-])ccc1O2. The fourth-order valence-electron chi connectivity index (χ4n) is 4.05. The van der Waals surface area contributed by atoms with Crippen LogP contribution in [0.15, 0.2) is 36.4 Å². The molecule has 0 radical (unpaired) electrons. The number of anilines is 1. The normalized spacial score (nSPS) is 21.2. The third kappa shape index (κ3) is 2.24. The number of hydrogen-bond donors (Lipinski definition) is 0. The van der Waals surface area contributed by atoms with E-state index in [1.165, 1.54) is 18.2 Å². The number of nitrogens with zero attached hydrogens (tertiary/aromatic N) is 3. The first-order valence-corrected chi connectivity index (χ1v) is 8.85. The van der Waals surface area contributed by atoms with Gasteiger partial charge in [-0.2, -0.15) is 0 Å². The number of hydrogen-bond acceptors (Lipinski definition) is 6. The van der Waals surface area contributed by atoms with E-state index < -0.39 is 21.0 Å². The monoisotopic (exact) mass is 401 g/mol. The van der Waals surface area contributed by atoms with E-state index in [-0.39, 0.29) is 16.4 Å². The van der Waals surface area contributed by atoms with Gasteiger partial charge in [0.25, 0.3) is 11.4 Å². The fourth-order valence-corrected chi connectivity index (χ4v) is 4.29. The Labute approximate surface area is 165 Å². The fraction of sp³-hybridized carbons (Fsp3) is 0.263. The van der Waals surface area contributed by atoms with Gasteiger partial charge in [-0.25, -0.2) is 0 Å². The van der Waals surface area contributed by atoms with Crippen molar-refractivity contribution in [1.82, 2.24) is 0 Å². The molecule has 0 saturated heterocycles. The first-order valence-electron chi connectivity index (χ1n) is 8.47. The minimum atomic E-state index is -0.961. The predicted molar refractivity (Wildman–Crippen MR) is 105 cm³/mol. The van der Waals surface area contributed by atoms with Gasteiger partial charge < -0.3 is 9.64 Å². The number of fused-ring (bicyclic) bond motifs is 2. The Hall–Kier alpha value is -3.13. The zero-order valence-electron chi connectivity index (χ0n) is 15.3. The lowest BCUT2D eigenvalue weighted by Crippen LogP contribution is -2.58. The molecule has 0 aliphatic carbocycles. The van der Waals surface area contributed by atoms with Crippen LogP contribution in [0.5, 0.6) is 5.75 Å². The van der Waals surface area contributed by atoms with Crippen LogP contribution >= 0.6 is 11.6 Å². The summed E-state index contributed by atoms with van der Waals surface area (Å²) in [6, 6.07) is 7.48. The molecule has 0 N–H and O–H groups in total. The van der Waals surface area contributed by atoms with Crippen LogP contribution in [0.25, 0.3) is 6.08 Å². The molecule has 0 fully saturated rings. The summed E-state index contributed by atoms with van der Waals surface area (Å²) in [5.41, 5.74) is 0.312. The van der Waals surface area contributed by atoms with Crippen LogP contribution in [-0.2, 0) is 5.41 Å². The highest BCUT2D eigenvalue weighted by Gasteiger charge is 2.58. The summed E-state index contributed by atoms with van der Waals surface area (Å²) in [6.07, 6.45) is 3.62. The van der Waals surface area contributed by atoms with Gasteiger partial charge in [0.15, 0.2) is 0 Å². The molecule has 1 spiro atoms. The molecule has 9 heteroatoms. The summed E-state index contributed by atoms with van der Waals surface area (Å²) in [5.74, 6) is 0.501. The van der Waals surface area contributed by atoms with Gasteiger partial charge in [0, 0.05) is 30.8 Å². The molecule has 1 atom stereocenters. The van der Waals surface area contributed by atoms with E-state index in [4.69, 9.17) is 16.3 Å². The minimum Gasteiger partial charge on any atom is -0.463 e. The van der Waals surface area contributed by atoms with Crippen LogP contribution in [0.2, 0.25) is 5.02 Å². The van der Waals surface area contributed by atoms with Gasteiger partial charge in [-0.1, -0.05) is 11.6 Å². The number of nitro benzene ring substituents is 2. The molecule has 0 bridgehead atoms. The van der Waals surface area contributed by atoms with Crippen molar-refractivity contribution < 1.29 is 14.6 Å². The lowest BCUT2D eigenvalue weighted by Gasteiger charge is -2.45. The minimum absolute atomic E-state index is 0.0207. The van der Waals surface area contributed by atoms with Crippen LogP contribution in [0, 0.1) is 20.2 Å². The van der Waals surface area contributed by atoms with E-state index in [1.54, 1.807) is 25.3 Å². The van der Waals surface area contributed by atoms with E-state index >= 15 is 0 Å². The molecule has 0 saturated carbocycles. The van der Waals surface area contributed by atoms with Gasteiger partial charge in [0.05, 0.1) is 20.9 Å². The van der Waals surface area contributed by atoms with E-state index in [0.29, 0.717) is 17.0 Å². The Balaban J connectivity index is 1.86. The standard InChI is InChI=1S/C19H16ClN3O5/c1-18(2)13-9-14(20)16(23(26)27)10-15(13)21(3)19(18)7-6-11-8-12(22(24)25)4-5-17(11)28-19/h4-10H,1-3H3. The Kier molecular flexibility index (Phi) is 3.70. The average molecular weight is 402 g/mol. The maximum Gasteiger partial charge on any atom is 0.289 e. The third-order valence-corrected chi connectivity index (χ3v) is 5.95. The predicted octanol–water partition coefficient (Wildman–Crippen LogP) is 4.69. The number of non-ortho nitro benzene ring substituents is 1. The summed E-state index contributed by atoms with van der Waals surface area (Å²) >= 11 is 6.15. The maximum atomic E-state index is 11.3.